The lowest BCUT2D eigenvalue weighted by Crippen LogP contribution is -1.95. The molecule has 0 aliphatic rings. The second kappa shape index (κ2) is 5.70. The van der Waals surface area contributed by atoms with Gasteiger partial charge in [-0.1, -0.05) is 22.9 Å². The molecule has 0 fully saturated rings. The monoisotopic (exact) mass is 300 g/mol. The van der Waals surface area contributed by atoms with E-state index in [2.05, 4.69) is 46.4 Å². The van der Waals surface area contributed by atoms with Gasteiger partial charge in [-0.3, -0.25) is 0 Å². The van der Waals surface area contributed by atoms with Gasteiger partial charge >= 0.3 is 0 Å². The lowest BCUT2D eigenvalue weighted by molar-refractivity contribution is 1.14. The van der Waals surface area contributed by atoms with E-state index < -0.39 is 0 Å². The molecule has 0 aliphatic carbocycles. The Morgan fingerprint density at radius 3 is 2.50 bits per heavy atom. The van der Waals surface area contributed by atoms with Gasteiger partial charge in [-0.15, -0.1) is 0 Å². The van der Waals surface area contributed by atoms with E-state index in [1.807, 2.05) is 30.3 Å². The average Bonchev–Trinajstić information content (AvgIpc) is 2.41. The van der Waals surface area contributed by atoms with Crippen molar-refractivity contribution in [2.75, 3.05) is 5.32 Å². The SMILES string of the molecule is CCc1cc(Br)ccc1Nc1ccc(C#N)cc1. The van der Waals surface area contributed by atoms with Crippen LogP contribution in [0.25, 0.3) is 0 Å². The minimum Gasteiger partial charge on any atom is -0.355 e. The number of anilines is 2. The topological polar surface area (TPSA) is 35.8 Å². The van der Waals surface area contributed by atoms with Gasteiger partial charge in [-0.2, -0.15) is 5.26 Å². The largest absolute Gasteiger partial charge is 0.355 e. The van der Waals surface area contributed by atoms with E-state index >= 15 is 0 Å². The van der Waals surface area contributed by atoms with E-state index in [4.69, 9.17) is 5.26 Å². The first-order valence-corrected chi connectivity index (χ1v) is 6.58. The molecule has 2 nitrogen and oxygen atoms in total. The van der Waals surface area contributed by atoms with Gasteiger partial charge in [0.25, 0.3) is 0 Å². The van der Waals surface area contributed by atoms with Crippen LogP contribution in [0, 0.1) is 11.3 Å². The molecule has 2 rings (SSSR count). The second-order valence-electron chi connectivity index (χ2n) is 3.97. The Kier molecular flexibility index (Phi) is 4.01. The van der Waals surface area contributed by atoms with Crippen LogP contribution < -0.4 is 5.32 Å². The Hall–Kier alpha value is -1.79. The highest BCUT2D eigenvalue weighted by atomic mass is 79.9. The molecule has 0 unspecified atom stereocenters. The molecule has 0 atom stereocenters. The van der Waals surface area contributed by atoms with Crippen LogP contribution in [0.1, 0.15) is 18.1 Å². The third-order valence-corrected chi connectivity index (χ3v) is 3.23. The lowest BCUT2D eigenvalue weighted by atomic mass is 10.1. The summed E-state index contributed by atoms with van der Waals surface area (Å²) in [5.41, 5.74) is 4.03. The zero-order valence-corrected chi connectivity index (χ0v) is 11.7. The van der Waals surface area contributed by atoms with Crippen LogP contribution >= 0.6 is 15.9 Å². The van der Waals surface area contributed by atoms with E-state index in [1.54, 1.807) is 0 Å². The van der Waals surface area contributed by atoms with Gasteiger partial charge in [-0.05, 0) is 54.4 Å². The summed E-state index contributed by atoms with van der Waals surface area (Å²) in [5.74, 6) is 0. The van der Waals surface area contributed by atoms with Crippen molar-refractivity contribution in [1.29, 1.82) is 5.26 Å². The highest BCUT2D eigenvalue weighted by Gasteiger charge is 2.02. The molecule has 0 aromatic heterocycles. The minimum atomic E-state index is 0.673. The summed E-state index contributed by atoms with van der Waals surface area (Å²) in [5, 5.41) is 12.1. The van der Waals surface area contributed by atoms with Crippen LogP contribution in [0.3, 0.4) is 0 Å². The fourth-order valence-electron chi connectivity index (χ4n) is 1.76. The molecule has 0 spiro atoms. The normalized spacial score (nSPS) is 9.83. The number of hydrogen-bond acceptors (Lipinski definition) is 2. The highest BCUT2D eigenvalue weighted by molar-refractivity contribution is 9.10. The van der Waals surface area contributed by atoms with E-state index in [1.165, 1.54) is 5.56 Å². The van der Waals surface area contributed by atoms with E-state index in [0.717, 1.165) is 22.3 Å². The molecule has 0 saturated heterocycles. The Morgan fingerprint density at radius 2 is 1.89 bits per heavy atom. The van der Waals surface area contributed by atoms with Gasteiger partial charge in [-0.25, -0.2) is 0 Å². The molecule has 0 heterocycles. The smallest absolute Gasteiger partial charge is 0.0991 e. The Labute approximate surface area is 115 Å². The molecule has 18 heavy (non-hydrogen) atoms. The third kappa shape index (κ3) is 2.91. The maximum atomic E-state index is 8.76. The maximum absolute atomic E-state index is 8.76. The number of hydrogen-bond donors (Lipinski definition) is 1. The lowest BCUT2D eigenvalue weighted by Gasteiger charge is -2.11. The zero-order valence-electron chi connectivity index (χ0n) is 10.1. The maximum Gasteiger partial charge on any atom is 0.0991 e. The molecule has 2 aromatic carbocycles. The predicted octanol–water partition coefficient (Wildman–Crippen LogP) is 4.63. The molecule has 1 N–H and O–H groups in total. The van der Waals surface area contributed by atoms with Crippen molar-refractivity contribution >= 4 is 27.3 Å². The van der Waals surface area contributed by atoms with Crippen LogP contribution in [0.4, 0.5) is 11.4 Å². The van der Waals surface area contributed by atoms with Gasteiger partial charge in [0.2, 0.25) is 0 Å². The predicted molar refractivity (Wildman–Crippen MR) is 78.0 cm³/mol. The fraction of sp³-hybridized carbons (Fsp3) is 0.133. The number of nitrogens with zero attached hydrogens (tertiary/aromatic N) is 1. The third-order valence-electron chi connectivity index (χ3n) is 2.74. The van der Waals surface area contributed by atoms with Crippen molar-refractivity contribution in [2.45, 2.75) is 13.3 Å². The summed E-state index contributed by atoms with van der Waals surface area (Å²) in [6, 6.07) is 15.8. The zero-order chi connectivity index (χ0) is 13.0. The van der Waals surface area contributed by atoms with E-state index in [0.29, 0.717) is 5.56 Å². The molecule has 0 bridgehead atoms. The van der Waals surface area contributed by atoms with Gasteiger partial charge < -0.3 is 5.32 Å². The van der Waals surface area contributed by atoms with E-state index in [-0.39, 0.29) is 0 Å². The van der Waals surface area contributed by atoms with Crippen molar-refractivity contribution < 1.29 is 0 Å². The minimum absolute atomic E-state index is 0.673. The molecule has 0 amide bonds. The quantitative estimate of drug-likeness (QED) is 0.897. The van der Waals surface area contributed by atoms with Gasteiger partial charge in [0.05, 0.1) is 11.6 Å². The van der Waals surface area contributed by atoms with E-state index in [9.17, 15) is 0 Å². The Balaban J connectivity index is 2.25. The molecular weight excluding hydrogens is 288 g/mol. The fourth-order valence-corrected chi connectivity index (χ4v) is 2.17. The first-order chi connectivity index (χ1) is 8.72. The van der Waals surface area contributed by atoms with Crippen molar-refractivity contribution in [1.82, 2.24) is 0 Å². The molecule has 2 aromatic rings. The number of nitrogens with one attached hydrogen (secondary N) is 1. The van der Waals surface area contributed by atoms with Crippen LogP contribution in [0.15, 0.2) is 46.9 Å². The molecule has 0 aliphatic heterocycles. The summed E-state index contributed by atoms with van der Waals surface area (Å²) >= 11 is 3.48. The van der Waals surface area contributed by atoms with Gasteiger partial charge in [0.15, 0.2) is 0 Å². The van der Waals surface area contributed by atoms with Crippen molar-refractivity contribution in [3.8, 4) is 6.07 Å². The van der Waals surface area contributed by atoms with Crippen molar-refractivity contribution in [3.05, 3.63) is 58.1 Å². The molecule has 90 valence electrons. The Bertz CT molecular complexity index is 582. The van der Waals surface area contributed by atoms with Gasteiger partial charge in [0.1, 0.15) is 0 Å². The summed E-state index contributed by atoms with van der Waals surface area (Å²) in [7, 11) is 0. The average molecular weight is 301 g/mol. The number of aryl methyl sites for hydroxylation is 1. The highest BCUT2D eigenvalue weighted by Crippen LogP contribution is 2.25. The summed E-state index contributed by atoms with van der Waals surface area (Å²) in [4.78, 5) is 0. The van der Waals surface area contributed by atoms with Crippen LogP contribution in [0.2, 0.25) is 0 Å². The molecule has 0 radical (unpaired) electrons. The van der Waals surface area contributed by atoms with Crippen molar-refractivity contribution in [2.24, 2.45) is 0 Å². The first-order valence-electron chi connectivity index (χ1n) is 5.78. The number of nitriles is 1. The number of halogens is 1. The Morgan fingerprint density at radius 1 is 1.17 bits per heavy atom. The van der Waals surface area contributed by atoms with Crippen molar-refractivity contribution in [3.63, 3.8) is 0 Å². The molecule has 0 saturated carbocycles. The number of rotatable bonds is 3. The summed E-state index contributed by atoms with van der Waals surface area (Å²) in [6.45, 7) is 2.13. The van der Waals surface area contributed by atoms with Gasteiger partial charge in [0, 0.05) is 15.8 Å². The molecule has 3 heteroatoms. The number of benzene rings is 2. The van der Waals surface area contributed by atoms with Crippen LogP contribution in [0.5, 0.6) is 0 Å². The standard InChI is InChI=1S/C15H13BrN2/c1-2-12-9-13(16)5-8-15(12)18-14-6-3-11(10-17)4-7-14/h3-9,18H,2H2,1H3. The van der Waals surface area contributed by atoms with Crippen LogP contribution in [-0.2, 0) is 6.42 Å². The summed E-state index contributed by atoms with van der Waals surface area (Å²) < 4.78 is 1.09. The molecular formula is C15H13BrN2. The van der Waals surface area contributed by atoms with Crippen LogP contribution in [-0.4, -0.2) is 0 Å². The second-order valence-corrected chi connectivity index (χ2v) is 4.88. The summed E-state index contributed by atoms with van der Waals surface area (Å²) in [6.07, 6.45) is 0.970. The first kappa shape index (κ1) is 12.7.